The Kier molecular flexibility index (Phi) is 5.39. The molecule has 0 aliphatic rings. The smallest absolute Gasteiger partial charge is 0.147 e. The van der Waals surface area contributed by atoms with Gasteiger partial charge in [0.25, 0.3) is 0 Å². The Labute approximate surface area is 124 Å². The normalized spacial score (nSPS) is 10.2. The van der Waals surface area contributed by atoms with Crippen molar-refractivity contribution in [3.63, 3.8) is 0 Å². The second-order valence-electron chi connectivity index (χ2n) is 4.17. The molecular formula is C15H16N2S2. The van der Waals surface area contributed by atoms with E-state index in [9.17, 15) is 0 Å². The predicted octanol–water partition coefficient (Wildman–Crippen LogP) is 3.41. The first-order valence-corrected chi connectivity index (χ1v) is 6.93. The van der Waals surface area contributed by atoms with Crippen molar-refractivity contribution in [2.24, 2.45) is 0 Å². The molecule has 0 saturated carbocycles. The van der Waals surface area contributed by atoms with Crippen LogP contribution >= 0.6 is 24.8 Å². The minimum Gasteiger partial charge on any atom is -0.289 e. The molecular weight excluding hydrogens is 272 g/mol. The Morgan fingerprint density at radius 3 is 2.00 bits per heavy atom. The van der Waals surface area contributed by atoms with Gasteiger partial charge in [0.1, 0.15) is 4.32 Å². The minimum atomic E-state index is 0.541. The Balaban J connectivity index is 1.95. The molecule has 19 heavy (non-hydrogen) atoms. The van der Waals surface area contributed by atoms with Crippen LogP contribution in [0.1, 0.15) is 11.1 Å². The van der Waals surface area contributed by atoms with Crippen LogP contribution in [0.5, 0.6) is 0 Å². The molecule has 0 bridgehead atoms. The van der Waals surface area contributed by atoms with Crippen molar-refractivity contribution >= 4 is 29.2 Å². The summed E-state index contributed by atoms with van der Waals surface area (Å²) in [6.45, 7) is 1.43. The zero-order valence-corrected chi connectivity index (χ0v) is 12.2. The molecule has 0 aliphatic heterocycles. The van der Waals surface area contributed by atoms with E-state index in [-0.39, 0.29) is 0 Å². The highest BCUT2D eigenvalue weighted by molar-refractivity contribution is 8.10. The molecule has 0 saturated heterocycles. The predicted molar refractivity (Wildman–Crippen MR) is 86.9 cm³/mol. The van der Waals surface area contributed by atoms with Gasteiger partial charge >= 0.3 is 0 Å². The van der Waals surface area contributed by atoms with Gasteiger partial charge in [0.05, 0.1) is 6.54 Å². The molecule has 2 aromatic rings. The molecule has 0 aromatic heterocycles. The molecule has 0 radical (unpaired) electrons. The SMILES string of the molecule is S=C(S)N(Cc1ccccc1)NCc1ccccc1. The Hall–Kier alpha value is -1.36. The molecule has 0 heterocycles. The van der Waals surface area contributed by atoms with E-state index in [1.165, 1.54) is 11.1 Å². The summed E-state index contributed by atoms with van der Waals surface area (Å²) in [6, 6.07) is 20.4. The van der Waals surface area contributed by atoms with Crippen LogP contribution in [0.4, 0.5) is 0 Å². The van der Waals surface area contributed by atoms with Crippen LogP contribution < -0.4 is 5.43 Å². The summed E-state index contributed by atoms with van der Waals surface area (Å²) in [5.41, 5.74) is 5.71. The summed E-state index contributed by atoms with van der Waals surface area (Å²) in [7, 11) is 0. The molecule has 2 nitrogen and oxygen atoms in total. The van der Waals surface area contributed by atoms with Crippen molar-refractivity contribution in [1.82, 2.24) is 10.4 Å². The van der Waals surface area contributed by atoms with Crippen molar-refractivity contribution < 1.29 is 0 Å². The standard InChI is InChI=1S/C15H16N2S2/c18-15(19)17(12-14-9-5-2-6-10-14)16-11-13-7-3-1-4-8-13/h1-10,16H,11-12H2,(H,18,19). The molecule has 0 spiro atoms. The number of nitrogens with one attached hydrogen (secondary N) is 1. The lowest BCUT2D eigenvalue weighted by atomic mass is 10.2. The van der Waals surface area contributed by atoms with E-state index in [1.54, 1.807) is 0 Å². The molecule has 0 fully saturated rings. The first-order chi connectivity index (χ1) is 9.25. The lowest BCUT2D eigenvalue weighted by molar-refractivity contribution is 0.307. The summed E-state index contributed by atoms with van der Waals surface area (Å²) >= 11 is 9.42. The number of thiol groups is 1. The van der Waals surface area contributed by atoms with Crippen LogP contribution in [0.15, 0.2) is 60.7 Å². The van der Waals surface area contributed by atoms with Crippen LogP contribution in [0, 0.1) is 0 Å². The number of benzene rings is 2. The monoisotopic (exact) mass is 288 g/mol. The average molecular weight is 288 g/mol. The summed E-state index contributed by atoms with van der Waals surface area (Å²) in [5.74, 6) is 0. The fourth-order valence-electron chi connectivity index (χ4n) is 1.74. The maximum absolute atomic E-state index is 5.16. The Morgan fingerprint density at radius 2 is 1.47 bits per heavy atom. The molecule has 0 unspecified atom stereocenters. The summed E-state index contributed by atoms with van der Waals surface area (Å²) < 4.78 is 0.541. The lowest BCUT2D eigenvalue weighted by Gasteiger charge is -2.23. The van der Waals surface area contributed by atoms with Gasteiger partial charge in [0.15, 0.2) is 0 Å². The van der Waals surface area contributed by atoms with Crippen molar-refractivity contribution in [2.45, 2.75) is 13.1 Å². The number of hydrazine groups is 1. The fraction of sp³-hybridized carbons (Fsp3) is 0.133. The zero-order chi connectivity index (χ0) is 13.5. The van der Waals surface area contributed by atoms with Crippen LogP contribution in [0.2, 0.25) is 0 Å². The second kappa shape index (κ2) is 7.28. The van der Waals surface area contributed by atoms with Crippen molar-refractivity contribution in [2.75, 3.05) is 0 Å². The fourth-order valence-corrected chi connectivity index (χ4v) is 2.01. The number of thiocarbonyl (C=S) groups is 1. The number of hydrogen-bond donors (Lipinski definition) is 2. The molecule has 0 amide bonds. The van der Waals surface area contributed by atoms with Gasteiger partial charge in [-0.3, -0.25) is 5.01 Å². The summed E-state index contributed by atoms with van der Waals surface area (Å²) in [5, 5.41) is 1.88. The van der Waals surface area contributed by atoms with E-state index in [4.69, 9.17) is 12.2 Å². The third-order valence-corrected chi connectivity index (χ3v) is 3.19. The van der Waals surface area contributed by atoms with Crippen molar-refractivity contribution in [1.29, 1.82) is 0 Å². The topological polar surface area (TPSA) is 15.3 Å². The maximum atomic E-state index is 5.16. The third-order valence-electron chi connectivity index (χ3n) is 2.73. The third kappa shape index (κ3) is 4.67. The average Bonchev–Trinajstić information content (AvgIpc) is 2.45. The van der Waals surface area contributed by atoms with E-state index < -0.39 is 0 Å². The largest absolute Gasteiger partial charge is 0.289 e. The molecule has 0 aliphatic carbocycles. The summed E-state index contributed by atoms with van der Waals surface area (Å²) in [6.07, 6.45) is 0. The lowest BCUT2D eigenvalue weighted by Crippen LogP contribution is -2.38. The van der Waals surface area contributed by atoms with Crippen LogP contribution in [0.25, 0.3) is 0 Å². The molecule has 1 N–H and O–H groups in total. The van der Waals surface area contributed by atoms with Crippen LogP contribution in [0.3, 0.4) is 0 Å². The quantitative estimate of drug-likeness (QED) is 0.498. The van der Waals surface area contributed by atoms with E-state index in [2.05, 4.69) is 42.3 Å². The Morgan fingerprint density at radius 1 is 0.947 bits per heavy atom. The van der Waals surface area contributed by atoms with Crippen LogP contribution in [-0.2, 0) is 13.1 Å². The van der Waals surface area contributed by atoms with Crippen molar-refractivity contribution in [3.05, 3.63) is 71.8 Å². The minimum absolute atomic E-state index is 0.541. The first kappa shape index (κ1) is 14.1. The van der Waals surface area contributed by atoms with Gasteiger partial charge in [-0.1, -0.05) is 72.9 Å². The van der Waals surface area contributed by atoms with Gasteiger partial charge in [-0.15, -0.1) is 12.6 Å². The zero-order valence-electron chi connectivity index (χ0n) is 10.5. The second-order valence-corrected chi connectivity index (χ2v) is 5.29. The van der Waals surface area contributed by atoms with Crippen LogP contribution in [-0.4, -0.2) is 9.33 Å². The van der Waals surface area contributed by atoms with Gasteiger partial charge in [-0.25, -0.2) is 5.43 Å². The highest BCUT2D eigenvalue weighted by Crippen LogP contribution is 2.06. The highest BCUT2D eigenvalue weighted by atomic mass is 32.1. The maximum Gasteiger partial charge on any atom is 0.147 e. The highest BCUT2D eigenvalue weighted by Gasteiger charge is 2.06. The number of nitrogens with zero attached hydrogens (tertiary/aromatic N) is 1. The molecule has 0 atom stereocenters. The Bertz CT molecular complexity index is 514. The van der Waals surface area contributed by atoms with E-state index in [0.717, 1.165) is 6.54 Å². The molecule has 2 rings (SSSR count). The van der Waals surface area contributed by atoms with Gasteiger partial charge in [-0.05, 0) is 11.1 Å². The molecule has 98 valence electrons. The molecule has 4 heteroatoms. The van der Waals surface area contributed by atoms with Gasteiger partial charge < -0.3 is 0 Å². The first-order valence-electron chi connectivity index (χ1n) is 6.07. The van der Waals surface area contributed by atoms with E-state index in [0.29, 0.717) is 10.9 Å². The summed E-state index contributed by atoms with van der Waals surface area (Å²) in [4.78, 5) is 0. The molecule has 2 aromatic carbocycles. The van der Waals surface area contributed by atoms with E-state index >= 15 is 0 Å². The van der Waals surface area contributed by atoms with Gasteiger partial charge in [0.2, 0.25) is 0 Å². The van der Waals surface area contributed by atoms with Gasteiger partial charge in [0, 0.05) is 6.54 Å². The van der Waals surface area contributed by atoms with Gasteiger partial charge in [-0.2, -0.15) is 0 Å². The number of hydrogen-bond acceptors (Lipinski definition) is 2. The van der Waals surface area contributed by atoms with E-state index in [1.807, 2.05) is 41.4 Å². The van der Waals surface area contributed by atoms with Crippen molar-refractivity contribution in [3.8, 4) is 0 Å². The number of rotatable bonds is 5.